The fourth-order valence-electron chi connectivity index (χ4n) is 3.98. The van der Waals surface area contributed by atoms with E-state index in [0.717, 1.165) is 77.4 Å². The van der Waals surface area contributed by atoms with Gasteiger partial charge in [-0.1, -0.05) is 19.3 Å². The number of piperidine rings is 3. The third kappa shape index (κ3) is 4.73. The average Bonchev–Trinajstić information content (AvgIpc) is 2.70. The molecule has 7 heteroatoms. The highest BCUT2D eigenvalue weighted by Crippen LogP contribution is 2.45. The molecule has 3 rings (SSSR count). The van der Waals surface area contributed by atoms with Gasteiger partial charge in [-0.05, 0) is 58.2 Å². The number of hydrogen-bond acceptors (Lipinski definition) is 6. The van der Waals surface area contributed by atoms with Crippen LogP contribution in [0.1, 0.15) is 57.8 Å². The lowest BCUT2D eigenvalue weighted by Gasteiger charge is -2.31. The first kappa shape index (κ1) is 19.1. The molecule has 3 heterocycles. The van der Waals surface area contributed by atoms with Crippen LogP contribution in [-0.4, -0.2) is 54.3 Å². The van der Waals surface area contributed by atoms with Gasteiger partial charge in [0.2, 0.25) is 0 Å². The number of carbonyl (C=O) groups excluding carboxylic acids is 3. The summed E-state index contributed by atoms with van der Waals surface area (Å²) in [4.78, 5) is 39.4. The third-order valence-corrected chi connectivity index (χ3v) is 7.74. The lowest BCUT2D eigenvalue weighted by Crippen LogP contribution is -2.48. The normalized spacial score (nSPS) is 31.9. The Balaban J connectivity index is 1.77. The standard InChI is InChI=1S/C18H30N3O3P/c22-16(13-7-1-4-10-19-13)25(17(23)14-8-2-5-11-20-14)18(24)15-9-3-6-12-21-15/h13-15,19-21H,1-12H2. The van der Waals surface area contributed by atoms with E-state index < -0.39 is 7.92 Å². The molecule has 0 aliphatic carbocycles. The molecule has 6 nitrogen and oxygen atoms in total. The van der Waals surface area contributed by atoms with Crippen molar-refractivity contribution >= 4 is 24.5 Å². The van der Waals surface area contributed by atoms with E-state index >= 15 is 0 Å². The smallest absolute Gasteiger partial charge is 0.186 e. The summed E-state index contributed by atoms with van der Waals surface area (Å²) < 4.78 is 0. The Kier molecular flexibility index (Phi) is 7.11. The van der Waals surface area contributed by atoms with Crippen LogP contribution in [0.2, 0.25) is 0 Å². The van der Waals surface area contributed by atoms with Crippen LogP contribution in [0.25, 0.3) is 0 Å². The first-order chi connectivity index (χ1) is 12.2. The Bertz CT molecular complexity index is 424. The summed E-state index contributed by atoms with van der Waals surface area (Å²) in [6, 6.07) is -0.958. The SMILES string of the molecule is O=C(C1CCCCN1)P(C(=O)C1CCCCN1)C(=O)C1CCCCN1. The van der Waals surface area contributed by atoms with E-state index in [9.17, 15) is 14.4 Å². The van der Waals surface area contributed by atoms with Crippen LogP contribution < -0.4 is 16.0 Å². The second kappa shape index (κ2) is 9.31. The molecule has 140 valence electrons. The Hall–Kier alpha value is -0.680. The molecule has 3 aliphatic rings. The quantitative estimate of drug-likeness (QED) is 0.617. The van der Waals surface area contributed by atoms with Gasteiger partial charge in [-0.25, -0.2) is 0 Å². The minimum Gasteiger partial charge on any atom is -0.307 e. The van der Waals surface area contributed by atoms with Crippen molar-refractivity contribution < 1.29 is 14.4 Å². The lowest BCUT2D eigenvalue weighted by atomic mass is 10.1. The summed E-state index contributed by atoms with van der Waals surface area (Å²) in [6.45, 7) is 2.39. The molecule has 0 aromatic heterocycles. The van der Waals surface area contributed by atoms with E-state index in [1.165, 1.54) is 0 Å². The van der Waals surface area contributed by atoms with E-state index in [1.807, 2.05) is 0 Å². The second-order valence-corrected chi connectivity index (χ2v) is 9.35. The largest absolute Gasteiger partial charge is 0.307 e. The maximum absolute atomic E-state index is 13.1. The molecular weight excluding hydrogens is 337 g/mol. The molecule has 3 unspecified atom stereocenters. The van der Waals surface area contributed by atoms with Crippen LogP contribution in [0.5, 0.6) is 0 Å². The maximum Gasteiger partial charge on any atom is 0.186 e. The highest BCUT2D eigenvalue weighted by Gasteiger charge is 2.43. The van der Waals surface area contributed by atoms with Crippen LogP contribution >= 0.6 is 7.92 Å². The third-order valence-electron chi connectivity index (χ3n) is 5.49. The monoisotopic (exact) mass is 367 g/mol. The van der Waals surface area contributed by atoms with Crippen molar-refractivity contribution in [3.63, 3.8) is 0 Å². The second-order valence-electron chi connectivity index (χ2n) is 7.36. The van der Waals surface area contributed by atoms with Crippen molar-refractivity contribution in [3.05, 3.63) is 0 Å². The Morgan fingerprint density at radius 1 is 0.560 bits per heavy atom. The molecule has 0 saturated carbocycles. The molecule has 3 fully saturated rings. The van der Waals surface area contributed by atoms with E-state index in [0.29, 0.717) is 0 Å². The Morgan fingerprint density at radius 2 is 0.880 bits per heavy atom. The summed E-state index contributed by atoms with van der Waals surface area (Å²) in [5.74, 6) is 0. The molecule has 0 aromatic rings. The van der Waals surface area contributed by atoms with Crippen molar-refractivity contribution in [2.24, 2.45) is 0 Å². The van der Waals surface area contributed by atoms with E-state index in [2.05, 4.69) is 16.0 Å². The molecule has 3 N–H and O–H groups in total. The number of carbonyl (C=O) groups is 3. The van der Waals surface area contributed by atoms with Crippen molar-refractivity contribution in [3.8, 4) is 0 Å². The van der Waals surface area contributed by atoms with Crippen LogP contribution in [0.3, 0.4) is 0 Å². The molecule has 0 radical (unpaired) electrons. The Labute approximate surface area is 151 Å². The van der Waals surface area contributed by atoms with Gasteiger partial charge in [0.1, 0.15) is 7.92 Å². The summed E-state index contributed by atoms with van der Waals surface area (Å²) >= 11 is 0. The predicted molar refractivity (Wildman–Crippen MR) is 98.9 cm³/mol. The predicted octanol–water partition coefficient (Wildman–Crippen LogP) is 1.47. The fraction of sp³-hybridized carbons (Fsp3) is 0.833. The molecule has 0 amide bonds. The average molecular weight is 367 g/mol. The molecular formula is C18H30N3O3P. The minimum atomic E-state index is -1.92. The fourth-order valence-corrected chi connectivity index (χ4v) is 6.23. The van der Waals surface area contributed by atoms with Gasteiger partial charge >= 0.3 is 0 Å². The number of nitrogens with one attached hydrogen (secondary N) is 3. The van der Waals surface area contributed by atoms with Crippen LogP contribution in [0.4, 0.5) is 0 Å². The zero-order chi connectivity index (χ0) is 17.6. The van der Waals surface area contributed by atoms with Gasteiger partial charge in [-0.3, -0.25) is 14.4 Å². The molecule has 3 aliphatic heterocycles. The van der Waals surface area contributed by atoms with Crippen molar-refractivity contribution in [2.75, 3.05) is 19.6 Å². The summed E-state index contributed by atoms with van der Waals surface area (Å²) in [5, 5.41) is 9.71. The van der Waals surface area contributed by atoms with E-state index in [1.54, 1.807) is 0 Å². The maximum atomic E-state index is 13.1. The summed E-state index contributed by atoms with van der Waals surface area (Å²) in [7, 11) is -1.92. The van der Waals surface area contributed by atoms with E-state index in [-0.39, 0.29) is 34.7 Å². The van der Waals surface area contributed by atoms with Crippen molar-refractivity contribution in [1.82, 2.24) is 16.0 Å². The zero-order valence-electron chi connectivity index (χ0n) is 14.9. The number of rotatable bonds is 6. The Morgan fingerprint density at radius 3 is 1.12 bits per heavy atom. The van der Waals surface area contributed by atoms with Gasteiger partial charge in [0.05, 0.1) is 18.1 Å². The zero-order valence-corrected chi connectivity index (χ0v) is 15.8. The first-order valence-electron chi connectivity index (χ1n) is 9.80. The van der Waals surface area contributed by atoms with E-state index in [4.69, 9.17) is 0 Å². The van der Waals surface area contributed by atoms with Gasteiger partial charge in [0.15, 0.2) is 16.6 Å². The van der Waals surface area contributed by atoms with Gasteiger partial charge in [-0.2, -0.15) is 0 Å². The first-order valence-corrected chi connectivity index (χ1v) is 11.1. The summed E-state index contributed by atoms with van der Waals surface area (Å²) in [6.07, 6.45) is 8.35. The topological polar surface area (TPSA) is 87.3 Å². The van der Waals surface area contributed by atoms with Crippen molar-refractivity contribution in [2.45, 2.75) is 75.9 Å². The van der Waals surface area contributed by atoms with Crippen LogP contribution in [0.15, 0.2) is 0 Å². The molecule has 0 spiro atoms. The van der Waals surface area contributed by atoms with Gasteiger partial charge < -0.3 is 16.0 Å². The molecule has 25 heavy (non-hydrogen) atoms. The lowest BCUT2D eigenvalue weighted by molar-refractivity contribution is -0.119. The minimum absolute atomic E-state index is 0.135. The highest BCUT2D eigenvalue weighted by molar-refractivity contribution is 8.02. The highest BCUT2D eigenvalue weighted by atomic mass is 31.1. The van der Waals surface area contributed by atoms with Crippen molar-refractivity contribution in [1.29, 1.82) is 0 Å². The molecule has 0 bridgehead atoms. The van der Waals surface area contributed by atoms with Gasteiger partial charge in [0.25, 0.3) is 0 Å². The van der Waals surface area contributed by atoms with Gasteiger partial charge in [0, 0.05) is 0 Å². The van der Waals surface area contributed by atoms with Crippen LogP contribution in [-0.2, 0) is 14.4 Å². The molecule has 3 atom stereocenters. The summed E-state index contributed by atoms with van der Waals surface area (Å²) in [5.41, 5.74) is -0.404. The van der Waals surface area contributed by atoms with Gasteiger partial charge in [-0.15, -0.1) is 0 Å². The number of hydrogen-bond donors (Lipinski definition) is 3. The molecule has 3 saturated heterocycles. The van der Waals surface area contributed by atoms with Crippen LogP contribution in [0, 0.1) is 0 Å². The molecule has 0 aromatic carbocycles.